The number of nitrogens with zero attached hydrogens (tertiary/aromatic N) is 2. The first-order valence-electron chi connectivity index (χ1n) is 10.6. The van der Waals surface area contributed by atoms with E-state index >= 15 is 0 Å². The van der Waals surface area contributed by atoms with Crippen molar-refractivity contribution in [1.29, 1.82) is 0 Å². The van der Waals surface area contributed by atoms with E-state index in [0.717, 1.165) is 36.7 Å². The van der Waals surface area contributed by atoms with E-state index in [9.17, 15) is 18.4 Å². The van der Waals surface area contributed by atoms with Crippen molar-refractivity contribution in [2.24, 2.45) is 0 Å². The van der Waals surface area contributed by atoms with E-state index in [0.29, 0.717) is 26.3 Å². The van der Waals surface area contributed by atoms with E-state index in [1.54, 1.807) is 0 Å². The number of carbonyl (C=O) groups is 2. The van der Waals surface area contributed by atoms with Crippen molar-refractivity contribution in [3.05, 3.63) is 59.2 Å². The molecular weight excluding hydrogens is 418 g/mol. The third-order valence-electron chi connectivity index (χ3n) is 5.94. The summed E-state index contributed by atoms with van der Waals surface area (Å²) in [6, 6.07) is 8.82. The lowest BCUT2D eigenvalue weighted by Gasteiger charge is -2.35. The number of rotatable bonds is 5. The molecule has 2 aromatic rings. The third kappa shape index (κ3) is 4.89. The fourth-order valence-electron chi connectivity index (χ4n) is 4.18. The molecule has 4 rings (SSSR count). The number of likely N-dealkylation sites (N-methyl/N-ethyl adjacent to an activating group) is 1. The van der Waals surface area contributed by atoms with Crippen molar-refractivity contribution in [2.75, 3.05) is 56.7 Å². The monoisotopic (exact) mass is 444 g/mol. The van der Waals surface area contributed by atoms with Crippen LogP contribution in [0.3, 0.4) is 0 Å². The number of amides is 2. The Morgan fingerprint density at radius 3 is 2.62 bits per heavy atom. The van der Waals surface area contributed by atoms with Crippen LogP contribution in [0.15, 0.2) is 36.4 Å². The minimum absolute atomic E-state index is 0.141. The van der Waals surface area contributed by atoms with Crippen LogP contribution in [0.5, 0.6) is 0 Å². The largest absolute Gasteiger partial charge is 0.379 e. The maximum absolute atomic E-state index is 13.8. The van der Waals surface area contributed by atoms with Crippen molar-refractivity contribution in [3.8, 4) is 0 Å². The lowest BCUT2D eigenvalue weighted by Crippen LogP contribution is -2.45. The molecule has 2 amide bonds. The Morgan fingerprint density at radius 2 is 1.84 bits per heavy atom. The zero-order chi connectivity index (χ0) is 22.7. The van der Waals surface area contributed by atoms with Crippen LogP contribution in [-0.4, -0.2) is 63.2 Å². The average molecular weight is 444 g/mol. The van der Waals surface area contributed by atoms with Crippen molar-refractivity contribution >= 4 is 23.2 Å². The minimum atomic E-state index is -1.05. The Morgan fingerprint density at radius 1 is 1.06 bits per heavy atom. The maximum Gasteiger partial charge on any atom is 0.313 e. The molecule has 2 N–H and O–H groups in total. The van der Waals surface area contributed by atoms with E-state index in [1.165, 1.54) is 11.3 Å². The summed E-state index contributed by atoms with van der Waals surface area (Å²) in [5.74, 6) is -3.49. The first-order chi connectivity index (χ1) is 15.4. The summed E-state index contributed by atoms with van der Waals surface area (Å²) < 4.78 is 32.6. The summed E-state index contributed by atoms with van der Waals surface area (Å²) >= 11 is 0. The van der Waals surface area contributed by atoms with Crippen molar-refractivity contribution < 1.29 is 23.1 Å². The molecule has 32 heavy (non-hydrogen) atoms. The van der Waals surface area contributed by atoms with E-state index in [4.69, 9.17) is 4.74 Å². The van der Waals surface area contributed by atoms with Crippen LogP contribution in [0.4, 0.5) is 20.2 Å². The topological polar surface area (TPSA) is 73.9 Å². The maximum atomic E-state index is 13.8. The number of anilines is 2. The second kappa shape index (κ2) is 9.62. The minimum Gasteiger partial charge on any atom is -0.379 e. The number of halogens is 2. The molecule has 7 nitrogen and oxygen atoms in total. The molecule has 2 aliphatic rings. The summed E-state index contributed by atoms with van der Waals surface area (Å²) in [7, 11) is 2.06. The molecule has 1 fully saturated rings. The molecule has 0 spiro atoms. The quantitative estimate of drug-likeness (QED) is 0.691. The molecule has 1 saturated heterocycles. The molecular formula is C23H26F2N4O3. The fourth-order valence-corrected chi connectivity index (χ4v) is 4.18. The second-order valence-corrected chi connectivity index (χ2v) is 8.01. The van der Waals surface area contributed by atoms with E-state index in [2.05, 4.69) is 45.7 Å². The number of fused-ring (bicyclic) bond motifs is 1. The molecule has 0 radical (unpaired) electrons. The summed E-state index contributed by atoms with van der Waals surface area (Å²) in [6.45, 7) is 3.77. The molecule has 0 aromatic heterocycles. The molecule has 0 unspecified atom stereocenters. The Balaban J connectivity index is 1.46. The molecule has 170 valence electrons. The molecule has 2 aromatic carbocycles. The van der Waals surface area contributed by atoms with Gasteiger partial charge in [0, 0.05) is 45.0 Å². The number of ether oxygens (including phenoxy) is 1. The van der Waals surface area contributed by atoms with Gasteiger partial charge < -0.3 is 20.3 Å². The highest BCUT2D eigenvalue weighted by atomic mass is 19.1. The van der Waals surface area contributed by atoms with Crippen molar-refractivity contribution in [1.82, 2.24) is 10.2 Å². The van der Waals surface area contributed by atoms with Gasteiger partial charge in [0.05, 0.1) is 24.9 Å². The first-order valence-corrected chi connectivity index (χ1v) is 10.6. The van der Waals surface area contributed by atoms with E-state index < -0.39 is 23.4 Å². The zero-order valence-electron chi connectivity index (χ0n) is 17.9. The van der Waals surface area contributed by atoms with Gasteiger partial charge in [-0.2, -0.15) is 0 Å². The zero-order valence-corrected chi connectivity index (χ0v) is 17.9. The van der Waals surface area contributed by atoms with Gasteiger partial charge in [0.25, 0.3) is 0 Å². The van der Waals surface area contributed by atoms with Gasteiger partial charge in [-0.25, -0.2) is 8.78 Å². The molecule has 0 saturated carbocycles. The Hall–Kier alpha value is -3.04. The standard InChI is InChI=1S/C23H26F2N4O3/c1-28-7-6-16-12-15(2-5-20(16)28)21(29-8-10-32-11-9-29)14-26-22(30)23(31)27-19-13-17(24)3-4-18(19)25/h2-5,12-13,21H,6-11,14H2,1H3,(H,26,30)(H,27,31)/t21-/m1/s1. The molecule has 0 bridgehead atoms. The van der Waals surface area contributed by atoms with Gasteiger partial charge in [-0.05, 0) is 35.7 Å². The molecule has 9 heteroatoms. The number of carbonyl (C=O) groups excluding carboxylic acids is 2. The number of nitrogens with one attached hydrogen (secondary N) is 2. The molecule has 2 heterocycles. The first kappa shape index (κ1) is 22.2. The van der Waals surface area contributed by atoms with Crippen LogP contribution < -0.4 is 15.5 Å². The van der Waals surface area contributed by atoms with Crippen molar-refractivity contribution in [3.63, 3.8) is 0 Å². The molecule has 2 aliphatic heterocycles. The molecule has 0 aliphatic carbocycles. The number of hydrogen-bond acceptors (Lipinski definition) is 5. The number of hydrogen-bond donors (Lipinski definition) is 2. The number of benzene rings is 2. The Bertz CT molecular complexity index is 1010. The second-order valence-electron chi connectivity index (χ2n) is 8.01. The van der Waals surface area contributed by atoms with Crippen LogP contribution in [0.25, 0.3) is 0 Å². The van der Waals surface area contributed by atoms with Gasteiger partial charge in [-0.1, -0.05) is 12.1 Å². The Labute approximate surface area is 185 Å². The summed E-state index contributed by atoms with van der Waals surface area (Å²) in [5, 5.41) is 4.78. The highest BCUT2D eigenvalue weighted by Crippen LogP contribution is 2.31. The van der Waals surface area contributed by atoms with Gasteiger partial charge in [0.1, 0.15) is 11.6 Å². The third-order valence-corrected chi connectivity index (χ3v) is 5.94. The van der Waals surface area contributed by atoms with Crippen LogP contribution in [0.2, 0.25) is 0 Å². The van der Waals surface area contributed by atoms with Gasteiger partial charge in [-0.15, -0.1) is 0 Å². The average Bonchev–Trinajstić information content (AvgIpc) is 3.17. The number of morpholine rings is 1. The van der Waals surface area contributed by atoms with Gasteiger partial charge in [0.15, 0.2) is 0 Å². The normalized spacial score (nSPS) is 17.0. The Kier molecular flexibility index (Phi) is 6.66. The van der Waals surface area contributed by atoms with E-state index in [-0.39, 0.29) is 18.3 Å². The predicted octanol–water partition coefficient (Wildman–Crippen LogP) is 2.09. The van der Waals surface area contributed by atoms with Crippen LogP contribution in [0.1, 0.15) is 17.2 Å². The van der Waals surface area contributed by atoms with Gasteiger partial charge in [-0.3, -0.25) is 14.5 Å². The SMILES string of the molecule is CN1CCc2cc([C@@H](CNC(=O)C(=O)Nc3cc(F)ccc3F)N3CCOCC3)ccc21. The van der Waals surface area contributed by atoms with Gasteiger partial charge in [0.2, 0.25) is 0 Å². The smallest absolute Gasteiger partial charge is 0.313 e. The van der Waals surface area contributed by atoms with Crippen LogP contribution >= 0.6 is 0 Å². The summed E-state index contributed by atoms with van der Waals surface area (Å²) in [5.41, 5.74) is 3.14. The van der Waals surface area contributed by atoms with Crippen molar-refractivity contribution in [2.45, 2.75) is 12.5 Å². The van der Waals surface area contributed by atoms with Crippen LogP contribution in [-0.2, 0) is 20.7 Å². The lowest BCUT2D eigenvalue weighted by atomic mass is 10.0. The lowest BCUT2D eigenvalue weighted by molar-refractivity contribution is -0.136. The predicted molar refractivity (Wildman–Crippen MR) is 117 cm³/mol. The van der Waals surface area contributed by atoms with Gasteiger partial charge >= 0.3 is 11.8 Å². The summed E-state index contributed by atoms with van der Waals surface area (Å²) in [4.78, 5) is 29.1. The molecule has 1 atom stereocenters. The van der Waals surface area contributed by atoms with E-state index in [1.807, 2.05) is 0 Å². The fraction of sp³-hybridized carbons (Fsp3) is 0.391. The summed E-state index contributed by atoms with van der Waals surface area (Å²) in [6.07, 6.45) is 0.962. The highest BCUT2D eigenvalue weighted by Gasteiger charge is 2.26. The highest BCUT2D eigenvalue weighted by molar-refractivity contribution is 6.39. The van der Waals surface area contributed by atoms with Crippen LogP contribution in [0, 0.1) is 11.6 Å².